The third kappa shape index (κ3) is 3.82. The minimum absolute atomic E-state index is 0.111. The molecule has 30 heavy (non-hydrogen) atoms. The maximum atomic E-state index is 13.1. The van der Waals surface area contributed by atoms with E-state index < -0.39 is 0 Å². The average Bonchev–Trinajstić information content (AvgIpc) is 2.78. The molecule has 0 unspecified atom stereocenters. The average molecular weight is 398 g/mol. The number of hydrogen-bond acceptors (Lipinski definition) is 4. The van der Waals surface area contributed by atoms with Crippen molar-refractivity contribution in [1.29, 1.82) is 0 Å². The summed E-state index contributed by atoms with van der Waals surface area (Å²) in [6, 6.07) is 24.3. The van der Waals surface area contributed by atoms with Crippen molar-refractivity contribution in [2.75, 3.05) is 6.61 Å². The third-order valence-corrected chi connectivity index (χ3v) is 4.87. The van der Waals surface area contributed by atoms with Crippen LogP contribution in [0.4, 0.5) is 5.69 Å². The van der Waals surface area contributed by atoms with Gasteiger partial charge in [-0.05, 0) is 30.7 Å². The van der Waals surface area contributed by atoms with Crippen LogP contribution >= 0.6 is 0 Å². The molecule has 0 aliphatic heterocycles. The lowest BCUT2D eigenvalue weighted by Gasteiger charge is -2.14. The number of aliphatic imine (C=N–C) groups is 1. The van der Waals surface area contributed by atoms with Crippen molar-refractivity contribution in [3.63, 3.8) is 0 Å². The summed E-state index contributed by atoms with van der Waals surface area (Å²) in [7, 11) is 0. The van der Waals surface area contributed by atoms with Gasteiger partial charge in [-0.1, -0.05) is 60.7 Å². The Hall–Kier alpha value is -3.86. The maximum Gasteiger partial charge on any atom is 0.261 e. The number of aromatic hydroxyl groups is 1. The number of fused-ring (bicyclic) bond motifs is 1. The van der Waals surface area contributed by atoms with Crippen LogP contribution in [0.25, 0.3) is 10.8 Å². The van der Waals surface area contributed by atoms with Gasteiger partial charge in [-0.25, -0.2) is 0 Å². The summed E-state index contributed by atoms with van der Waals surface area (Å²) in [6.45, 7) is 2.72. The van der Waals surface area contributed by atoms with Crippen molar-refractivity contribution in [2.24, 2.45) is 4.99 Å². The number of rotatable bonds is 6. The summed E-state index contributed by atoms with van der Waals surface area (Å²) in [4.78, 5) is 17.6. The molecule has 4 aromatic rings. The van der Waals surface area contributed by atoms with Gasteiger partial charge in [0.25, 0.3) is 5.56 Å². The number of benzene rings is 3. The zero-order valence-electron chi connectivity index (χ0n) is 16.7. The molecular weight excluding hydrogens is 376 g/mol. The van der Waals surface area contributed by atoms with Crippen LogP contribution in [0.2, 0.25) is 0 Å². The molecule has 1 aromatic heterocycles. The molecule has 0 saturated heterocycles. The van der Waals surface area contributed by atoms with Crippen LogP contribution in [0.1, 0.15) is 18.1 Å². The van der Waals surface area contributed by atoms with Gasteiger partial charge in [0.15, 0.2) is 0 Å². The Morgan fingerprint density at radius 3 is 2.37 bits per heavy atom. The van der Waals surface area contributed by atoms with Crippen LogP contribution in [0.5, 0.6) is 11.6 Å². The molecule has 0 aliphatic rings. The lowest BCUT2D eigenvalue weighted by Crippen LogP contribution is -2.22. The summed E-state index contributed by atoms with van der Waals surface area (Å²) in [5, 5.41) is 12.2. The van der Waals surface area contributed by atoms with Crippen molar-refractivity contribution in [3.05, 3.63) is 100 Å². The van der Waals surface area contributed by atoms with Gasteiger partial charge in [-0.2, -0.15) is 0 Å². The van der Waals surface area contributed by atoms with Gasteiger partial charge >= 0.3 is 0 Å². The Bertz CT molecular complexity index is 1260. The highest BCUT2D eigenvalue weighted by Crippen LogP contribution is 2.29. The van der Waals surface area contributed by atoms with Crippen LogP contribution in [-0.4, -0.2) is 22.5 Å². The minimum atomic E-state index is -0.237. The van der Waals surface area contributed by atoms with Gasteiger partial charge in [0.05, 0.1) is 18.7 Å². The van der Waals surface area contributed by atoms with Gasteiger partial charge in [0, 0.05) is 17.0 Å². The van der Waals surface area contributed by atoms with Gasteiger partial charge in [-0.15, -0.1) is 0 Å². The van der Waals surface area contributed by atoms with Gasteiger partial charge < -0.3 is 9.84 Å². The Balaban J connectivity index is 1.86. The van der Waals surface area contributed by atoms with Crippen LogP contribution in [0.3, 0.4) is 0 Å². The molecule has 1 N–H and O–H groups in total. The molecule has 0 fully saturated rings. The van der Waals surface area contributed by atoms with Gasteiger partial charge in [-0.3, -0.25) is 14.4 Å². The van der Waals surface area contributed by atoms with E-state index in [0.29, 0.717) is 34.4 Å². The molecule has 5 nitrogen and oxygen atoms in total. The zero-order valence-corrected chi connectivity index (χ0v) is 16.7. The Kier molecular flexibility index (Phi) is 5.61. The predicted octanol–water partition coefficient (Wildman–Crippen LogP) is 4.90. The Morgan fingerprint density at radius 1 is 0.933 bits per heavy atom. The van der Waals surface area contributed by atoms with Crippen LogP contribution < -0.4 is 10.3 Å². The molecule has 1 heterocycles. The number of nitrogens with zero attached hydrogens (tertiary/aromatic N) is 2. The first-order valence-corrected chi connectivity index (χ1v) is 9.83. The SMILES string of the molecule is CCOc1ccccc1N=Cc1c(O)n(Cc2ccccc2)c(=O)c2ccccc12. The van der Waals surface area contributed by atoms with Crippen LogP contribution in [0.15, 0.2) is 88.6 Å². The zero-order chi connectivity index (χ0) is 20.9. The van der Waals surface area contributed by atoms with Crippen LogP contribution in [-0.2, 0) is 6.54 Å². The van der Waals surface area contributed by atoms with E-state index in [4.69, 9.17) is 4.74 Å². The first-order valence-electron chi connectivity index (χ1n) is 9.83. The fraction of sp³-hybridized carbons (Fsp3) is 0.120. The molecule has 0 saturated carbocycles. The molecule has 0 bridgehead atoms. The fourth-order valence-electron chi connectivity index (χ4n) is 3.43. The van der Waals surface area contributed by atoms with E-state index in [-0.39, 0.29) is 18.0 Å². The number of aromatic nitrogens is 1. The third-order valence-electron chi connectivity index (χ3n) is 4.87. The summed E-state index contributed by atoms with van der Waals surface area (Å²) in [5.74, 6) is 0.554. The Morgan fingerprint density at radius 2 is 1.60 bits per heavy atom. The molecule has 0 atom stereocenters. The summed E-state index contributed by atoms with van der Waals surface area (Å²) < 4.78 is 7.02. The Labute approximate surface area is 174 Å². The second-order valence-corrected chi connectivity index (χ2v) is 6.82. The molecule has 4 rings (SSSR count). The molecule has 0 radical (unpaired) electrons. The normalized spacial score (nSPS) is 11.2. The van der Waals surface area contributed by atoms with Crippen molar-refractivity contribution < 1.29 is 9.84 Å². The smallest absolute Gasteiger partial charge is 0.261 e. The maximum absolute atomic E-state index is 13.1. The van der Waals surface area contributed by atoms with E-state index in [1.54, 1.807) is 12.3 Å². The molecule has 0 spiro atoms. The number of hydrogen-bond donors (Lipinski definition) is 1. The summed E-state index contributed by atoms with van der Waals surface area (Å²) in [6.07, 6.45) is 1.59. The molecule has 5 heteroatoms. The highest BCUT2D eigenvalue weighted by Gasteiger charge is 2.15. The minimum Gasteiger partial charge on any atom is -0.494 e. The molecular formula is C25H22N2O3. The second-order valence-electron chi connectivity index (χ2n) is 6.82. The number of pyridine rings is 1. The van der Waals surface area contributed by atoms with E-state index in [1.807, 2.05) is 79.7 Å². The second kappa shape index (κ2) is 8.66. The van der Waals surface area contributed by atoms with E-state index in [0.717, 1.165) is 5.56 Å². The lowest BCUT2D eigenvalue weighted by molar-refractivity contribution is 0.341. The first kappa shape index (κ1) is 19.5. The van der Waals surface area contributed by atoms with Crippen molar-refractivity contribution >= 4 is 22.7 Å². The molecule has 0 aliphatic carbocycles. The number of ether oxygens (including phenoxy) is 1. The van der Waals surface area contributed by atoms with Crippen molar-refractivity contribution in [3.8, 4) is 11.6 Å². The molecule has 0 amide bonds. The van der Waals surface area contributed by atoms with Crippen molar-refractivity contribution in [1.82, 2.24) is 4.57 Å². The van der Waals surface area contributed by atoms with Crippen LogP contribution in [0, 0.1) is 0 Å². The number of para-hydroxylation sites is 2. The van der Waals surface area contributed by atoms with E-state index in [9.17, 15) is 9.90 Å². The molecule has 3 aromatic carbocycles. The summed E-state index contributed by atoms with van der Waals surface area (Å²) in [5.41, 5.74) is 1.84. The van der Waals surface area contributed by atoms with E-state index >= 15 is 0 Å². The van der Waals surface area contributed by atoms with E-state index in [1.165, 1.54) is 4.57 Å². The summed E-state index contributed by atoms with van der Waals surface area (Å²) >= 11 is 0. The topological polar surface area (TPSA) is 63.8 Å². The highest BCUT2D eigenvalue weighted by molar-refractivity contribution is 6.02. The lowest BCUT2D eigenvalue weighted by atomic mass is 10.1. The van der Waals surface area contributed by atoms with Gasteiger partial charge in [0.1, 0.15) is 11.4 Å². The van der Waals surface area contributed by atoms with E-state index in [2.05, 4.69) is 4.99 Å². The highest BCUT2D eigenvalue weighted by atomic mass is 16.5. The molecule has 150 valence electrons. The van der Waals surface area contributed by atoms with Gasteiger partial charge in [0.2, 0.25) is 5.88 Å². The quantitative estimate of drug-likeness (QED) is 0.470. The van der Waals surface area contributed by atoms with Crippen molar-refractivity contribution in [2.45, 2.75) is 13.5 Å². The predicted molar refractivity (Wildman–Crippen MR) is 120 cm³/mol. The monoisotopic (exact) mass is 398 g/mol. The first-order chi connectivity index (χ1) is 14.7. The standard InChI is InChI=1S/C25H22N2O3/c1-2-30-23-15-9-8-14-22(23)26-16-21-19-12-6-7-13-20(19)24(28)27(25(21)29)17-18-10-4-3-5-11-18/h3-16,29H,2,17H2,1H3. The fourth-order valence-corrected chi connectivity index (χ4v) is 3.43. The largest absolute Gasteiger partial charge is 0.494 e.